The van der Waals surface area contributed by atoms with Crippen LogP contribution < -0.4 is 10.6 Å². The number of likely N-dealkylation sites (tertiary alicyclic amines) is 1. The Kier molecular flexibility index (Phi) is 10.3. The summed E-state index contributed by atoms with van der Waals surface area (Å²) in [5.74, 6) is 2.53. The average Bonchev–Trinajstić information content (AvgIpc) is 4.07. The maximum absolute atomic E-state index is 13.5. The van der Waals surface area contributed by atoms with Gasteiger partial charge in [-0.05, 0) is 77.7 Å². The molecule has 2 saturated carbocycles. The summed E-state index contributed by atoms with van der Waals surface area (Å²) < 4.78 is 4.76. The fourth-order valence-electron chi connectivity index (χ4n) is 9.15. The maximum atomic E-state index is 13.5. The number of alkyl carbamates (subject to hydrolysis) is 1. The lowest BCUT2D eigenvalue weighted by Crippen LogP contribution is -2.51. The first-order valence-corrected chi connectivity index (χ1v) is 19.5. The predicted molar refractivity (Wildman–Crippen MR) is 210 cm³/mol. The smallest absolute Gasteiger partial charge is 0.407 e. The lowest BCUT2D eigenvalue weighted by Gasteiger charge is -2.30. The van der Waals surface area contributed by atoms with Crippen molar-refractivity contribution in [3.05, 3.63) is 108 Å². The molecule has 0 spiro atoms. The number of carbonyl (C=O) groups excluding carboxylic acids is 3. The van der Waals surface area contributed by atoms with E-state index < -0.39 is 12.1 Å². The molecule has 284 valence electrons. The standard InChI is InChI=1S/C44H49N7O4/c1-26(2)39(50-44(54)55-3)43(53)51-21-7-10-36(51)40-45-24-34(48-40)30-15-11-28(12-16-30)29-13-17-31(18-14-29)35-25-46-41(49-35)37-32-19-20-33(22-32)38(37)42(52)47-23-27-8-5-4-6-9-27/h4-6,8-9,11-18,24-26,32-33,36-39H,7,10,19-23H2,1-3H3,(H,45,48)(H,46,49)(H,47,52)(H,50,54)/t32?,33?,36-,37-,38-,39-/m0/s1. The van der Waals surface area contributed by atoms with Gasteiger partial charge in [-0.2, -0.15) is 0 Å². The van der Waals surface area contributed by atoms with Crippen molar-refractivity contribution in [1.82, 2.24) is 35.5 Å². The van der Waals surface area contributed by atoms with E-state index >= 15 is 0 Å². The highest BCUT2D eigenvalue weighted by Crippen LogP contribution is 2.56. The van der Waals surface area contributed by atoms with Crippen molar-refractivity contribution in [2.24, 2.45) is 23.7 Å². The summed E-state index contributed by atoms with van der Waals surface area (Å²) in [6.45, 7) is 4.97. The van der Waals surface area contributed by atoms with Crippen LogP contribution >= 0.6 is 0 Å². The molecule has 2 aromatic heterocycles. The number of ether oxygens (including phenoxy) is 1. The zero-order valence-corrected chi connectivity index (χ0v) is 31.6. The van der Waals surface area contributed by atoms with Crippen molar-refractivity contribution in [1.29, 1.82) is 0 Å². The third kappa shape index (κ3) is 7.39. The van der Waals surface area contributed by atoms with Crippen molar-refractivity contribution in [2.45, 2.75) is 70.5 Å². The number of nitrogens with zero attached hydrogens (tertiary/aromatic N) is 3. The van der Waals surface area contributed by atoms with Crippen LogP contribution in [0.15, 0.2) is 91.3 Å². The number of carbonyl (C=O) groups is 3. The van der Waals surface area contributed by atoms with Gasteiger partial charge in [-0.15, -0.1) is 0 Å². The van der Waals surface area contributed by atoms with Gasteiger partial charge in [0.2, 0.25) is 11.8 Å². The molecule has 8 rings (SSSR count). The summed E-state index contributed by atoms with van der Waals surface area (Å²) in [6, 6.07) is 26.1. The first kappa shape index (κ1) is 36.3. The number of imidazole rings is 2. The number of fused-ring (bicyclic) bond motifs is 2. The third-order valence-electron chi connectivity index (χ3n) is 12.0. The molecular weight excluding hydrogens is 691 g/mol. The molecule has 11 nitrogen and oxygen atoms in total. The Labute approximate surface area is 321 Å². The molecule has 6 atom stereocenters. The summed E-state index contributed by atoms with van der Waals surface area (Å²) in [4.78, 5) is 57.4. The molecule has 1 aliphatic heterocycles. The number of hydrogen-bond donors (Lipinski definition) is 4. The Morgan fingerprint density at radius 1 is 0.800 bits per heavy atom. The quantitative estimate of drug-likeness (QED) is 0.110. The van der Waals surface area contributed by atoms with E-state index in [1.807, 2.05) is 61.5 Å². The van der Waals surface area contributed by atoms with Crippen LogP contribution in [0.2, 0.25) is 0 Å². The number of hydrogen-bond acceptors (Lipinski definition) is 6. The fraction of sp³-hybridized carbons (Fsp3) is 0.386. The SMILES string of the molecule is COC(=O)N[C@H](C(=O)N1CCC[C@H]1c1ncc(-c2ccc(-c3ccc(-c4cnc([C@H]5C6CCC(C6)[C@@H]5C(=O)NCc5ccccc5)[nH]4)cc3)cc2)[nH]1)C(C)C. The summed E-state index contributed by atoms with van der Waals surface area (Å²) in [5, 5.41) is 5.92. The van der Waals surface area contributed by atoms with Crippen molar-refractivity contribution in [3.8, 4) is 33.6 Å². The van der Waals surface area contributed by atoms with Crippen LogP contribution in [0.1, 0.15) is 75.1 Å². The summed E-state index contributed by atoms with van der Waals surface area (Å²) >= 11 is 0. The molecule has 2 bridgehead atoms. The third-order valence-corrected chi connectivity index (χ3v) is 12.0. The summed E-state index contributed by atoms with van der Waals surface area (Å²) in [5.41, 5.74) is 7.20. The average molecular weight is 740 g/mol. The van der Waals surface area contributed by atoms with E-state index in [2.05, 4.69) is 74.1 Å². The largest absolute Gasteiger partial charge is 0.453 e. The van der Waals surface area contributed by atoms with E-state index in [0.717, 1.165) is 83.0 Å². The van der Waals surface area contributed by atoms with Gasteiger partial charge in [-0.3, -0.25) is 9.59 Å². The molecule has 3 fully saturated rings. The van der Waals surface area contributed by atoms with Crippen LogP contribution in [-0.2, 0) is 20.9 Å². The highest BCUT2D eigenvalue weighted by Gasteiger charge is 2.52. The van der Waals surface area contributed by atoms with Gasteiger partial charge in [0.25, 0.3) is 0 Å². The second-order valence-electron chi connectivity index (χ2n) is 15.7. The van der Waals surface area contributed by atoms with E-state index in [9.17, 15) is 14.4 Å². The molecule has 3 aromatic carbocycles. The second kappa shape index (κ2) is 15.6. The maximum Gasteiger partial charge on any atom is 0.407 e. The fourth-order valence-corrected chi connectivity index (χ4v) is 9.15. The summed E-state index contributed by atoms with van der Waals surface area (Å²) in [6.07, 6.45) is 8.13. The minimum absolute atomic E-state index is 0.0546. The highest BCUT2D eigenvalue weighted by molar-refractivity contribution is 5.86. The van der Waals surface area contributed by atoms with Gasteiger partial charge in [0, 0.05) is 19.0 Å². The Hall–Kier alpha value is -5.71. The van der Waals surface area contributed by atoms with Gasteiger partial charge in [0.15, 0.2) is 0 Å². The molecule has 55 heavy (non-hydrogen) atoms. The van der Waals surface area contributed by atoms with Crippen molar-refractivity contribution >= 4 is 17.9 Å². The lowest BCUT2D eigenvalue weighted by atomic mass is 9.78. The zero-order chi connectivity index (χ0) is 38.1. The Balaban J connectivity index is 0.918. The molecule has 0 radical (unpaired) electrons. The number of benzene rings is 3. The van der Waals surface area contributed by atoms with Crippen molar-refractivity contribution < 1.29 is 19.1 Å². The Morgan fingerprint density at radius 3 is 2.04 bits per heavy atom. The molecule has 11 heteroatoms. The van der Waals surface area contributed by atoms with Gasteiger partial charge >= 0.3 is 6.09 Å². The molecule has 4 N–H and O–H groups in total. The minimum Gasteiger partial charge on any atom is -0.453 e. The summed E-state index contributed by atoms with van der Waals surface area (Å²) in [7, 11) is 1.30. The molecule has 2 unspecified atom stereocenters. The van der Waals surface area contributed by atoms with Gasteiger partial charge in [0.05, 0.1) is 42.9 Å². The molecule has 1 saturated heterocycles. The first-order chi connectivity index (χ1) is 26.8. The van der Waals surface area contributed by atoms with Gasteiger partial charge < -0.3 is 30.2 Å². The molecule has 3 amide bonds. The molecule has 5 aromatic rings. The monoisotopic (exact) mass is 739 g/mol. The van der Waals surface area contributed by atoms with E-state index in [4.69, 9.17) is 9.72 Å². The van der Waals surface area contributed by atoms with Crippen LogP contribution in [0.25, 0.3) is 33.6 Å². The lowest BCUT2D eigenvalue weighted by molar-refractivity contribution is -0.135. The van der Waals surface area contributed by atoms with Gasteiger partial charge in [-0.1, -0.05) is 92.7 Å². The minimum atomic E-state index is -0.675. The Morgan fingerprint density at radius 2 is 1.40 bits per heavy atom. The van der Waals surface area contributed by atoms with Gasteiger partial charge in [0.1, 0.15) is 17.7 Å². The van der Waals surface area contributed by atoms with Gasteiger partial charge in [-0.25, -0.2) is 14.8 Å². The molecule has 3 aliphatic rings. The normalized spacial score (nSPS) is 22.2. The van der Waals surface area contributed by atoms with Crippen LogP contribution in [-0.4, -0.2) is 62.4 Å². The number of aromatic amines is 2. The molecular formula is C44H49N7O4. The number of rotatable bonds is 11. The van der Waals surface area contributed by atoms with E-state index in [0.29, 0.717) is 24.9 Å². The van der Waals surface area contributed by atoms with Crippen LogP contribution in [0.5, 0.6) is 0 Å². The zero-order valence-electron chi connectivity index (χ0n) is 31.6. The number of methoxy groups -OCH3 is 1. The molecule has 2 aliphatic carbocycles. The number of nitrogens with one attached hydrogen (secondary N) is 4. The van der Waals surface area contributed by atoms with Crippen molar-refractivity contribution in [3.63, 3.8) is 0 Å². The van der Waals surface area contributed by atoms with E-state index in [-0.39, 0.29) is 35.6 Å². The molecule has 3 heterocycles. The van der Waals surface area contributed by atoms with Crippen LogP contribution in [0.4, 0.5) is 4.79 Å². The van der Waals surface area contributed by atoms with Crippen LogP contribution in [0, 0.1) is 23.7 Å². The van der Waals surface area contributed by atoms with Crippen molar-refractivity contribution in [2.75, 3.05) is 13.7 Å². The topological polar surface area (TPSA) is 145 Å². The highest BCUT2D eigenvalue weighted by atomic mass is 16.5. The van der Waals surface area contributed by atoms with E-state index in [1.54, 1.807) is 0 Å². The number of H-pyrrole nitrogens is 2. The van der Waals surface area contributed by atoms with E-state index in [1.165, 1.54) is 7.11 Å². The second-order valence-corrected chi connectivity index (χ2v) is 15.7. The first-order valence-electron chi connectivity index (χ1n) is 19.5. The number of amides is 3. The Bertz CT molecular complexity index is 2120. The predicted octanol–water partition coefficient (Wildman–Crippen LogP) is 7.62. The number of aromatic nitrogens is 4. The van der Waals surface area contributed by atoms with Crippen LogP contribution in [0.3, 0.4) is 0 Å².